The van der Waals surface area contributed by atoms with Crippen LogP contribution in [-0.4, -0.2) is 9.97 Å². The molecule has 2 aromatic carbocycles. The largest absolute Gasteiger partial charge is 0.361 e. The number of H-pyrrole nitrogens is 1. The molecule has 0 aliphatic heterocycles. The van der Waals surface area contributed by atoms with Gasteiger partial charge in [0.25, 0.3) is 0 Å². The Morgan fingerprint density at radius 2 is 1.93 bits per heavy atom. The van der Waals surface area contributed by atoms with Crippen molar-refractivity contribution < 1.29 is 4.39 Å². The monoisotopic (exact) mass is 410 g/mol. The summed E-state index contributed by atoms with van der Waals surface area (Å²) >= 11 is 1.54. The van der Waals surface area contributed by atoms with E-state index in [4.69, 9.17) is 0 Å². The van der Waals surface area contributed by atoms with Crippen molar-refractivity contribution in [2.75, 3.05) is 5.32 Å². The Morgan fingerprint density at radius 1 is 1.07 bits per heavy atom. The lowest BCUT2D eigenvalue weighted by Crippen LogP contribution is -1.95. The van der Waals surface area contributed by atoms with E-state index in [9.17, 15) is 9.65 Å². The van der Waals surface area contributed by atoms with Gasteiger partial charge in [0.1, 0.15) is 16.7 Å². The second-order valence-corrected chi connectivity index (χ2v) is 7.88. The molecule has 0 unspecified atom stereocenters. The Balaban J connectivity index is 1.53. The van der Waals surface area contributed by atoms with Crippen molar-refractivity contribution in [3.05, 3.63) is 88.8 Å². The van der Waals surface area contributed by atoms with Gasteiger partial charge in [0.15, 0.2) is 0 Å². The van der Waals surface area contributed by atoms with Crippen molar-refractivity contribution in [1.82, 2.24) is 9.97 Å². The minimum Gasteiger partial charge on any atom is -0.361 e. The average molecular weight is 410 g/mol. The normalized spacial score (nSPS) is 11.3. The fraction of sp³-hybridized carbons (Fsp3) is 0. The first-order valence-electron chi connectivity index (χ1n) is 9.30. The molecule has 5 aromatic rings. The molecule has 6 heteroatoms. The van der Waals surface area contributed by atoms with Crippen molar-refractivity contribution in [2.45, 2.75) is 0 Å². The average Bonchev–Trinajstić information content (AvgIpc) is 3.40. The number of fused-ring (bicyclic) bond motifs is 2. The first-order chi connectivity index (χ1) is 14.7. The lowest BCUT2D eigenvalue weighted by atomic mass is 10.1. The fourth-order valence-electron chi connectivity index (χ4n) is 3.34. The zero-order valence-electron chi connectivity index (χ0n) is 15.7. The van der Waals surface area contributed by atoms with Gasteiger partial charge in [0.2, 0.25) is 0 Å². The molecule has 0 saturated carbocycles. The molecule has 0 saturated heterocycles. The summed E-state index contributed by atoms with van der Waals surface area (Å²) in [5, 5.41) is 15.0. The summed E-state index contributed by atoms with van der Waals surface area (Å²) in [4.78, 5) is 9.48. The molecule has 0 bridgehead atoms. The second kappa shape index (κ2) is 7.47. The number of aromatic amines is 1. The van der Waals surface area contributed by atoms with Gasteiger partial charge in [-0.25, -0.2) is 9.37 Å². The van der Waals surface area contributed by atoms with Gasteiger partial charge in [0, 0.05) is 39.2 Å². The van der Waals surface area contributed by atoms with E-state index in [1.54, 1.807) is 29.7 Å². The molecule has 2 N–H and O–H groups in total. The number of benzene rings is 2. The molecule has 30 heavy (non-hydrogen) atoms. The Hall–Kier alpha value is -3.95. The lowest BCUT2D eigenvalue weighted by Gasteiger charge is -2.09. The van der Waals surface area contributed by atoms with E-state index in [0.29, 0.717) is 5.56 Å². The number of nitrogens with zero attached hydrogens (tertiary/aromatic N) is 2. The summed E-state index contributed by atoms with van der Waals surface area (Å²) in [6, 6.07) is 18.6. The highest BCUT2D eigenvalue weighted by atomic mass is 32.1. The van der Waals surface area contributed by atoms with Gasteiger partial charge in [-0.3, -0.25) is 0 Å². The van der Waals surface area contributed by atoms with Crippen LogP contribution in [0.15, 0.2) is 67.0 Å². The molecule has 0 fully saturated rings. The minimum atomic E-state index is -0.254. The third-order valence-electron chi connectivity index (χ3n) is 4.83. The molecule has 4 nitrogen and oxygen atoms in total. The van der Waals surface area contributed by atoms with Gasteiger partial charge < -0.3 is 10.3 Å². The van der Waals surface area contributed by atoms with Crippen LogP contribution < -0.4 is 5.32 Å². The number of pyridine rings is 1. The Morgan fingerprint density at radius 3 is 2.77 bits per heavy atom. The number of rotatable bonds is 4. The van der Waals surface area contributed by atoms with Gasteiger partial charge in [-0.1, -0.05) is 18.2 Å². The van der Waals surface area contributed by atoms with Gasteiger partial charge in [-0.2, -0.15) is 5.26 Å². The molecule has 0 amide bonds. The van der Waals surface area contributed by atoms with Gasteiger partial charge >= 0.3 is 0 Å². The van der Waals surface area contributed by atoms with E-state index in [1.807, 2.05) is 48.7 Å². The highest BCUT2D eigenvalue weighted by Gasteiger charge is 2.12. The summed E-state index contributed by atoms with van der Waals surface area (Å²) in [5.74, 6) is -0.254. The van der Waals surface area contributed by atoms with Crippen molar-refractivity contribution in [3.8, 4) is 6.07 Å². The van der Waals surface area contributed by atoms with Gasteiger partial charge in [-0.05, 0) is 54.1 Å². The first kappa shape index (κ1) is 18.1. The number of halogens is 1. The smallest absolute Gasteiger partial charge is 0.125 e. The Bertz CT molecular complexity index is 1440. The summed E-state index contributed by atoms with van der Waals surface area (Å²) in [6.45, 7) is 0. The number of nitriles is 1. The maximum absolute atomic E-state index is 13.1. The van der Waals surface area contributed by atoms with Crippen LogP contribution in [0.2, 0.25) is 0 Å². The molecule has 0 spiro atoms. The molecular formula is C24H15FN4S. The summed E-state index contributed by atoms with van der Waals surface area (Å²) in [7, 11) is 0. The molecule has 3 heterocycles. The fourth-order valence-corrected chi connectivity index (χ4v) is 4.25. The standard InChI is InChI=1S/C24H15FN4S/c25-18-4-1-15(2-5-18)3-7-20-12-21-23(17(13-26)14-28-24(21)30-20)29-19-6-8-22-16(11-19)9-10-27-22/h1-12,14,27H,(H,28,29). The van der Waals surface area contributed by atoms with Gasteiger partial charge in [-0.15, -0.1) is 11.3 Å². The number of hydrogen-bond donors (Lipinski definition) is 2. The first-order valence-corrected chi connectivity index (χ1v) is 10.1. The third kappa shape index (κ3) is 3.43. The van der Waals surface area contributed by atoms with Crippen LogP contribution in [0.3, 0.4) is 0 Å². The van der Waals surface area contributed by atoms with Gasteiger partial charge in [0.05, 0.1) is 11.3 Å². The molecule has 0 aliphatic rings. The quantitative estimate of drug-likeness (QED) is 0.346. The molecule has 0 radical (unpaired) electrons. The SMILES string of the molecule is N#Cc1cnc2sc(C=Cc3ccc(F)cc3)cc2c1Nc1ccc2[nH]ccc2c1. The third-order valence-corrected chi connectivity index (χ3v) is 5.84. The maximum atomic E-state index is 13.1. The van der Waals surface area contributed by atoms with Crippen molar-refractivity contribution in [3.63, 3.8) is 0 Å². The van der Waals surface area contributed by atoms with E-state index in [-0.39, 0.29) is 5.82 Å². The van der Waals surface area contributed by atoms with Crippen molar-refractivity contribution in [1.29, 1.82) is 5.26 Å². The number of nitrogens with one attached hydrogen (secondary N) is 2. The van der Waals surface area contributed by atoms with Crippen LogP contribution in [0.1, 0.15) is 16.0 Å². The van der Waals surface area contributed by atoms with Crippen LogP contribution >= 0.6 is 11.3 Å². The maximum Gasteiger partial charge on any atom is 0.125 e. The van der Waals surface area contributed by atoms with Crippen LogP contribution in [0, 0.1) is 17.1 Å². The number of thiophene rings is 1. The molecule has 0 atom stereocenters. The van der Waals surface area contributed by atoms with Crippen molar-refractivity contribution >= 4 is 56.0 Å². The van der Waals surface area contributed by atoms with Crippen LogP contribution in [0.4, 0.5) is 15.8 Å². The molecule has 3 aromatic heterocycles. The predicted octanol–water partition coefficient (Wildman–Crippen LogP) is 6.70. The molecule has 5 rings (SSSR count). The Kier molecular flexibility index (Phi) is 4.51. The van der Waals surface area contributed by atoms with Crippen LogP contribution in [0.25, 0.3) is 33.3 Å². The highest BCUT2D eigenvalue weighted by molar-refractivity contribution is 7.19. The number of aromatic nitrogens is 2. The van der Waals surface area contributed by atoms with Crippen LogP contribution in [-0.2, 0) is 0 Å². The number of anilines is 2. The van der Waals surface area contributed by atoms with Crippen molar-refractivity contribution in [2.24, 2.45) is 0 Å². The van der Waals surface area contributed by atoms with E-state index < -0.39 is 0 Å². The Labute approximate surface area is 175 Å². The van der Waals surface area contributed by atoms with E-state index >= 15 is 0 Å². The zero-order valence-corrected chi connectivity index (χ0v) is 16.5. The summed E-state index contributed by atoms with van der Waals surface area (Å²) in [6.07, 6.45) is 7.41. The second-order valence-electron chi connectivity index (χ2n) is 6.82. The molecule has 0 aliphatic carbocycles. The van der Waals surface area contributed by atoms with Crippen LogP contribution in [0.5, 0.6) is 0 Å². The topological polar surface area (TPSA) is 64.5 Å². The lowest BCUT2D eigenvalue weighted by molar-refractivity contribution is 0.628. The number of hydrogen-bond acceptors (Lipinski definition) is 4. The molecular weight excluding hydrogens is 395 g/mol. The summed E-state index contributed by atoms with van der Waals surface area (Å²) < 4.78 is 13.1. The van der Waals surface area contributed by atoms with E-state index in [1.165, 1.54) is 12.1 Å². The predicted molar refractivity (Wildman–Crippen MR) is 121 cm³/mol. The zero-order chi connectivity index (χ0) is 20.5. The van der Waals surface area contributed by atoms with E-state index in [2.05, 4.69) is 21.4 Å². The minimum absolute atomic E-state index is 0.254. The highest BCUT2D eigenvalue weighted by Crippen LogP contribution is 2.35. The molecule has 144 valence electrons. The summed E-state index contributed by atoms with van der Waals surface area (Å²) in [5.41, 5.74) is 4.11. The van der Waals surface area contributed by atoms with E-state index in [0.717, 1.165) is 42.9 Å².